The highest BCUT2D eigenvalue weighted by Gasteiger charge is 2.32. The van der Waals surface area contributed by atoms with Crippen molar-refractivity contribution in [1.82, 2.24) is 4.72 Å². The molecule has 1 N–H and O–H groups in total. The number of hydrogen-bond donors (Lipinski definition) is 1. The Labute approximate surface area is 115 Å². The Hall–Kier alpha value is -0.700. The zero-order chi connectivity index (χ0) is 14.3. The van der Waals surface area contributed by atoms with E-state index in [1.807, 2.05) is 0 Å². The van der Waals surface area contributed by atoms with Crippen LogP contribution < -0.4 is 4.72 Å². The van der Waals surface area contributed by atoms with Crippen molar-refractivity contribution in [2.24, 2.45) is 0 Å². The molecule has 0 bridgehead atoms. The molecule has 1 aromatic rings. The van der Waals surface area contributed by atoms with Crippen molar-refractivity contribution in [3.63, 3.8) is 0 Å². The van der Waals surface area contributed by atoms with Crippen LogP contribution in [0.2, 0.25) is 5.02 Å². The second kappa shape index (κ2) is 5.01. The van der Waals surface area contributed by atoms with Gasteiger partial charge in [-0.1, -0.05) is 11.6 Å². The second-order valence-electron chi connectivity index (χ2n) is 4.30. The first-order valence-electron chi connectivity index (χ1n) is 5.37. The van der Waals surface area contributed by atoms with Crippen LogP contribution in [-0.4, -0.2) is 34.4 Å². The third kappa shape index (κ3) is 3.44. The summed E-state index contributed by atoms with van der Waals surface area (Å²) < 4.78 is 61.9. The average Bonchev–Trinajstić information content (AvgIpc) is 2.60. The SMILES string of the molecule is O=S1(=O)CCC(NS(=O)(=O)c2cc(F)ccc2Cl)C1. The maximum absolute atomic E-state index is 13.1. The van der Waals surface area contributed by atoms with E-state index < -0.39 is 36.6 Å². The van der Waals surface area contributed by atoms with Crippen molar-refractivity contribution in [3.05, 3.63) is 29.0 Å². The first kappa shape index (κ1) is 14.7. The van der Waals surface area contributed by atoms with Gasteiger partial charge in [-0.05, 0) is 24.6 Å². The average molecular weight is 328 g/mol. The van der Waals surface area contributed by atoms with E-state index in [-0.39, 0.29) is 22.9 Å². The van der Waals surface area contributed by atoms with Gasteiger partial charge in [0.25, 0.3) is 0 Å². The zero-order valence-electron chi connectivity index (χ0n) is 9.64. The minimum Gasteiger partial charge on any atom is -0.229 e. The summed E-state index contributed by atoms with van der Waals surface area (Å²) in [6, 6.07) is 2.28. The molecule has 1 saturated heterocycles. The van der Waals surface area contributed by atoms with Crippen molar-refractivity contribution in [2.75, 3.05) is 11.5 Å². The summed E-state index contributed by atoms with van der Waals surface area (Å²) in [5.74, 6) is -1.04. The molecule has 0 radical (unpaired) electrons. The molecule has 0 saturated carbocycles. The molecule has 1 fully saturated rings. The van der Waals surface area contributed by atoms with Gasteiger partial charge in [-0.2, -0.15) is 0 Å². The lowest BCUT2D eigenvalue weighted by Crippen LogP contribution is -2.35. The van der Waals surface area contributed by atoms with Crippen LogP contribution in [0.15, 0.2) is 23.1 Å². The Morgan fingerprint density at radius 1 is 1.37 bits per heavy atom. The summed E-state index contributed by atoms with van der Waals surface area (Å²) in [4.78, 5) is -0.390. The predicted octanol–water partition coefficient (Wildman–Crippen LogP) is 0.944. The van der Waals surface area contributed by atoms with Crippen molar-refractivity contribution in [3.8, 4) is 0 Å². The normalized spacial score (nSPS) is 22.5. The number of benzene rings is 1. The first-order chi connectivity index (χ1) is 8.70. The lowest BCUT2D eigenvalue weighted by Gasteiger charge is -2.12. The van der Waals surface area contributed by atoms with Crippen molar-refractivity contribution < 1.29 is 21.2 Å². The summed E-state index contributed by atoms with van der Waals surface area (Å²) in [6.07, 6.45) is 0.203. The summed E-state index contributed by atoms with van der Waals surface area (Å²) >= 11 is 5.72. The number of sulfone groups is 1. The van der Waals surface area contributed by atoms with Crippen LogP contribution in [0.1, 0.15) is 6.42 Å². The molecule has 106 valence electrons. The molecule has 0 amide bonds. The molecule has 2 rings (SSSR count). The van der Waals surface area contributed by atoms with E-state index in [4.69, 9.17) is 11.6 Å². The molecule has 1 aliphatic rings. The molecule has 1 atom stereocenters. The third-order valence-electron chi connectivity index (χ3n) is 2.74. The molecule has 0 spiro atoms. The summed E-state index contributed by atoms with van der Waals surface area (Å²) in [7, 11) is -7.24. The standard InChI is InChI=1S/C10H11ClFNO4S2/c11-9-2-1-7(12)5-10(9)19(16,17)13-8-3-4-18(14,15)6-8/h1-2,5,8,13H,3-4,6H2. The Morgan fingerprint density at radius 3 is 2.63 bits per heavy atom. The zero-order valence-corrected chi connectivity index (χ0v) is 12.0. The van der Waals surface area contributed by atoms with E-state index in [0.717, 1.165) is 18.2 Å². The lowest BCUT2D eigenvalue weighted by atomic mass is 10.3. The van der Waals surface area contributed by atoms with Crippen molar-refractivity contribution in [2.45, 2.75) is 17.4 Å². The molecule has 5 nitrogen and oxygen atoms in total. The minimum absolute atomic E-state index is 0.0585. The van der Waals surface area contributed by atoms with Crippen LogP contribution in [-0.2, 0) is 19.9 Å². The van der Waals surface area contributed by atoms with Gasteiger partial charge < -0.3 is 0 Å². The number of rotatable bonds is 3. The van der Waals surface area contributed by atoms with Crippen LogP contribution >= 0.6 is 11.6 Å². The van der Waals surface area contributed by atoms with Gasteiger partial charge in [0.05, 0.1) is 16.5 Å². The third-order valence-corrected chi connectivity index (χ3v) is 6.51. The van der Waals surface area contributed by atoms with E-state index in [0.29, 0.717) is 0 Å². The lowest BCUT2D eigenvalue weighted by molar-refractivity contribution is 0.560. The molecule has 1 unspecified atom stereocenters. The van der Waals surface area contributed by atoms with E-state index in [1.165, 1.54) is 0 Å². The molecule has 1 heterocycles. The molecule has 1 aliphatic heterocycles. The van der Waals surface area contributed by atoms with Crippen LogP contribution in [0.3, 0.4) is 0 Å². The number of hydrogen-bond acceptors (Lipinski definition) is 4. The van der Waals surface area contributed by atoms with Gasteiger partial charge in [0.15, 0.2) is 9.84 Å². The molecular formula is C10H11ClFNO4S2. The van der Waals surface area contributed by atoms with Gasteiger partial charge in [-0.25, -0.2) is 25.9 Å². The largest absolute Gasteiger partial charge is 0.242 e. The van der Waals surface area contributed by atoms with E-state index in [9.17, 15) is 21.2 Å². The Kier molecular flexibility index (Phi) is 3.87. The van der Waals surface area contributed by atoms with Crippen LogP contribution in [0.5, 0.6) is 0 Å². The Bertz CT molecular complexity index is 702. The maximum Gasteiger partial charge on any atom is 0.242 e. The first-order valence-corrected chi connectivity index (χ1v) is 9.06. The highest BCUT2D eigenvalue weighted by atomic mass is 35.5. The van der Waals surface area contributed by atoms with E-state index in [1.54, 1.807) is 0 Å². The molecule has 19 heavy (non-hydrogen) atoms. The fourth-order valence-electron chi connectivity index (χ4n) is 1.85. The van der Waals surface area contributed by atoms with Crippen molar-refractivity contribution in [1.29, 1.82) is 0 Å². The molecule has 9 heteroatoms. The monoisotopic (exact) mass is 327 g/mol. The second-order valence-corrected chi connectivity index (χ2v) is 8.61. The molecular weight excluding hydrogens is 317 g/mol. The summed E-state index contributed by atoms with van der Waals surface area (Å²) in [5, 5.41) is -0.116. The minimum atomic E-state index is -4.03. The highest BCUT2D eigenvalue weighted by molar-refractivity contribution is 7.92. The van der Waals surface area contributed by atoms with Gasteiger partial charge in [0.2, 0.25) is 10.0 Å². The van der Waals surface area contributed by atoms with E-state index in [2.05, 4.69) is 4.72 Å². The highest BCUT2D eigenvalue weighted by Crippen LogP contribution is 2.23. The number of sulfonamides is 1. The maximum atomic E-state index is 13.1. The van der Waals surface area contributed by atoms with Gasteiger partial charge >= 0.3 is 0 Å². The smallest absolute Gasteiger partial charge is 0.229 e. The molecule has 0 aromatic heterocycles. The van der Waals surface area contributed by atoms with Gasteiger partial charge in [0, 0.05) is 6.04 Å². The van der Waals surface area contributed by atoms with Gasteiger partial charge in [0.1, 0.15) is 10.7 Å². The van der Waals surface area contributed by atoms with Crippen LogP contribution in [0.25, 0.3) is 0 Å². The molecule has 0 aliphatic carbocycles. The quantitative estimate of drug-likeness (QED) is 0.896. The van der Waals surface area contributed by atoms with Crippen LogP contribution in [0, 0.1) is 5.82 Å². The van der Waals surface area contributed by atoms with E-state index >= 15 is 0 Å². The fourth-order valence-corrected chi connectivity index (χ4v) is 5.41. The van der Waals surface area contributed by atoms with Crippen LogP contribution in [0.4, 0.5) is 4.39 Å². The topological polar surface area (TPSA) is 80.3 Å². The Balaban J connectivity index is 2.26. The number of nitrogens with one attached hydrogen (secondary N) is 1. The predicted molar refractivity (Wildman–Crippen MR) is 68.8 cm³/mol. The van der Waals surface area contributed by atoms with Crippen molar-refractivity contribution >= 4 is 31.5 Å². The summed E-state index contributed by atoms with van der Waals surface area (Å²) in [5.41, 5.74) is 0. The van der Waals surface area contributed by atoms with Gasteiger partial charge in [-0.3, -0.25) is 0 Å². The number of halogens is 2. The fraction of sp³-hybridized carbons (Fsp3) is 0.400. The van der Waals surface area contributed by atoms with Gasteiger partial charge in [-0.15, -0.1) is 0 Å². The summed E-state index contributed by atoms with van der Waals surface area (Å²) in [6.45, 7) is 0. The Morgan fingerprint density at radius 2 is 2.05 bits per heavy atom. The molecule has 1 aromatic carbocycles.